The van der Waals surface area contributed by atoms with Crippen molar-refractivity contribution in [3.8, 4) is 0 Å². The number of carbonyl (C=O) groups excluding carboxylic acids is 3. The Morgan fingerprint density at radius 3 is 2.17 bits per heavy atom. The second kappa shape index (κ2) is 13.7. The standard InChI is InChI=1S/C22H33FN2O4/c1-4-5-6-7-8-9-10-19(22(28)29-3)25-21(27)20(24-16(2)26)15-17-11-13-18(23)14-12-17/h11-14,19-20H,4-10,15H2,1-3H3,(H,24,26)(H,25,27)/t19-,20+/m0/s1. The molecule has 0 saturated heterocycles. The van der Waals surface area contributed by atoms with Crippen molar-refractivity contribution in [1.29, 1.82) is 0 Å². The molecule has 0 aromatic heterocycles. The van der Waals surface area contributed by atoms with E-state index in [0.29, 0.717) is 12.0 Å². The van der Waals surface area contributed by atoms with Gasteiger partial charge in [-0.05, 0) is 24.1 Å². The number of hydrogen-bond donors (Lipinski definition) is 2. The third-order valence-electron chi connectivity index (χ3n) is 4.70. The van der Waals surface area contributed by atoms with Gasteiger partial charge in [0, 0.05) is 13.3 Å². The van der Waals surface area contributed by atoms with Crippen molar-refractivity contribution >= 4 is 17.8 Å². The monoisotopic (exact) mass is 408 g/mol. The molecule has 0 spiro atoms. The lowest BCUT2D eigenvalue weighted by Crippen LogP contribution is -2.52. The zero-order valence-corrected chi connectivity index (χ0v) is 17.6. The molecule has 162 valence electrons. The predicted octanol–water partition coefficient (Wildman–Crippen LogP) is 3.28. The maximum atomic E-state index is 13.1. The van der Waals surface area contributed by atoms with Gasteiger partial charge in [-0.1, -0.05) is 57.6 Å². The number of unbranched alkanes of at least 4 members (excludes halogenated alkanes) is 5. The Bertz CT molecular complexity index is 649. The fraction of sp³-hybridized carbons (Fsp3) is 0.591. The first-order valence-corrected chi connectivity index (χ1v) is 10.3. The summed E-state index contributed by atoms with van der Waals surface area (Å²) in [5.74, 6) is -1.71. The molecule has 6 nitrogen and oxygen atoms in total. The van der Waals surface area contributed by atoms with Crippen LogP contribution < -0.4 is 10.6 Å². The molecule has 1 aromatic carbocycles. The Morgan fingerprint density at radius 1 is 0.966 bits per heavy atom. The van der Waals surface area contributed by atoms with Crippen molar-refractivity contribution in [2.24, 2.45) is 0 Å². The number of halogens is 1. The average Bonchev–Trinajstić information content (AvgIpc) is 2.69. The topological polar surface area (TPSA) is 84.5 Å². The number of rotatable bonds is 13. The number of benzene rings is 1. The minimum Gasteiger partial charge on any atom is -0.467 e. The highest BCUT2D eigenvalue weighted by atomic mass is 19.1. The van der Waals surface area contributed by atoms with Gasteiger partial charge < -0.3 is 15.4 Å². The SMILES string of the molecule is CCCCCCCC[C@H](NC(=O)[C@@H](Cc1ccc(F)cc1)NC(C)=O)C(=O)OC. The largest absolute Gasteiger partial charge is 0.467 e. The Kier molecular flexibility index (Phi) is 11.6. The molecule has 0 bridgehead atoms. The smallest absolute Gasteiger partial charge is 0.328 e. The first-order chi connectivity index (χ1) is 13.9. The van der Waals surface area contributed by atoms with Crippen molar-refractivity contribution in [2.45, 2.75) is 77.3 Å². The summed E-state index contributed by atoms with van der Waals surface area (Å²) in [5, 5.41) is 5.30. The van der Waals surface area contributed by atoms with Crippen LogP contribution in [0.1, 0.15) is 64.4 Å². The van der Waals surface area contributed by atoms with Crippen LogP contribution in [0.2, 0.25) is 0 Å². The zero-order valence-electron chi connectivity index (χ0n) is 17.6. The van der Waals surface area contributed by atoms with E-state index in [1.165, 1.54) is 39.0 Å². The van der Waals surface area contributed by atoms with Gasteiger partial charge in [-0.3, -0.25) is 9.59 Å². The van der Waals surface area contributed by atoms with E-state index in [1.54, 1.807) is 12.1 Å². The van der Waals surface area contributed by atoms with Gasteiger partial charge in [0.25, 0.3) is 0 Å². The van der Waals surface area contributed by atoms with E-state index in [2.05, 4.69) is 17.6 Å². The second-order valence-corrected chi connectivity index (χ2v) is 7.22. The van der Waals surface area contributed by atoms with Gasteiger partial charge in [-0.25, -0.2) is 9.18 Å². The molecule has 0 aliphatic heterocycles. The van der Waals surface area contributed by atoms with Gasteiger partial charge >= 0.3 is 5.97 Å². The van der Waals surface area contributed by atoms with E-state index in [0.717, 1.165) is 25.7 Å². The summed E-state index contributed by atoms with van der Waals surface area (Å²) >= 11 is 0. The summed E-state index contributed by atoms with van der Waals surface area (Å²) in [4.78, 5) is 36.4. The fourth-order valence-electron chi connectivity index (χ4n) is 3.10. The maximum absolute atomic E-state index is 13.1. The van der Waals surface area contributed by atoms with Gasteiger partial charge in [0.15, 0.2) is 0 Å². The van der Waals surface area contributed by atoms with Crippen molar-refractivity contribution in [3.05, 3.63) is 35.6 Å². The molecular formula is C22H33FN2O4. The van der Waals surface area contributed by atoms with E-state index in [1.807, 2.05) is 0 Å². The molecule has 0 aliphatic carbocycles. The van der Waals surface area contributed by atoms with Gasteiger partial charge in [0.05, 0.1) is 7.11 Å². The van der Waals surface area contributed by atoms with Crippen LogP contribution in [-0.2, 0) is 25.5 Å². The number of nitrogens with one attached hydrogen (secondary N) is 2. The molecule has 0 saturated carbocycles. The lowest BCUT2D eigenvalue weighted by molar-refractivity contribution is -0.145. The van der Waals surface area contributed by atoms with E-state index in [-0.39, 0.29) is 18.1 Å². The van der Waals surface area contributed by atoms with Crippen molar-refractivity contribution in [3.63, 3.8) is 0 Å². The normalized spacial score (nSPS) is 12.7. The first-order valence-electron chi connectivity index (χ1n) is 10.3. The molecule has 0 fully saturated rings. The van der Waals surface area contributed by atoms with Crippen molar-refractivity contribution in [1.82, 2.24) is 10.6 Å². The van der Waals surface area contributed by atoms with E-state index in [4.69, 9.17) is 4.74 Å². The van der Waals surface area contributed by atoms with Crippen molar-refractivity contribution < 1.29 is 23.5 Å². The van der Waals surface area contributed by atoms with E-state index in [9.17, 15) is 18.8 Å². The summed E-state index contributed by atoms with van der Waals surface area (Å²) in [6.45, 7) is 3.47. The summed E-state index contributed by atoms with van der Waals surface area (Å²) in [6, 6.07) is 4.09. The van der Waals surface area contributed by atoms with E-state index < -0.39 is 24.0 Å². The Hall–Kier alpha value is -2.44. The quantitative estimate of drug-likeness (QED) is 0.387. The molecule has 0 unspecified atom stereocenters. The molecule has 1 rings (SSSR count). The van der Waals surface area contributed by atoms with E-state index >= 15 is 0 Å². The minimum absolute atomic E-state index is 0.191. The van der Waals surface area contributed by atoms with Gasteiger partial charge in [0.2, 0.25) is 11.8 Å². The third-order valence-corrected chi connectivity index (χ3v) is 4.70. The first kappa shape index (κ1) is 24.6. The molecule has 0 heterocycles. The lowest BCUT2D eigenvalue weighted by Gasteiger charge is -2.22. The second-order valence-electron chi connectivity index (χ2n) is 7.22. The number of carbonyl (C=O) groups is 3. The van der Waals surface area contributed by atoms with Gasteiger partial charge in [0.1, 0.15) is 17.9 Å². The molecular weight excluding hydrogens is 375 g/mol. The number of methoxy groups -OCH3 is 1. The Labute approximate surface area is 172 Å². The van der Waals surface area contributed by atoms with Crippen LogP contribution in [-0.4, -0.2) is 37.0 Å². The summed E-state index contributed by atoms with van der Waals surface area (Å²) < 4.78 is 17.9. The Morgan fingerprint density at radius 2 is 1.59 bits per heavy atom. The average molecular weight is 409 g/mol. The molecule has 2 atom stereocenters. The third kappa shape index (κ3) is 10.1. The number of esters is 1. The summed E-state index contributed by atoms with van der Waals surface area (Å²) in [7, 11) is 1.28. The predicted molar refractivity (Wildman–Crippen MR) is 110 cm³/mol. The highest BCUT2D eigenvalue weighted by Gasteiger charge is 2.26. The molecule has 0 aliphatic rings. The van der Waals surface area contributed by atoms with Crippen LogP contribution in [0.15, 0.2) is 24.3 Å². The zero-order chi connectivity index (χ0) is 21.6. The molecule has 29 heavy (non-hydrogen) atoms. The highest BCUT2D eigenvalue weighted by molar-refractivity contribution is 5.90. The number of hydrogen-bond acceptors (Lipinski definition) is 4. The highest BCUT2D eigenvalue weighted by Crippen LogP contribution is 2.11. The minimum atomic E-state index is -0.866. The Balaban J connectivity index is 2.70. The number of amides is 2. The molecule has 0 radical (unpaired) electrons. The number of ether oxygens (including phenoxy) is 1. The van der Waals surface area contributed by atoms with Crippen LogP contribution in [0.25, 0.3) is 0 Å². The van der Waals surface area contributed by atoms with Crippen LogP contribution in [0.4, 0.5) is 4.39 Å². The van der Waals surface area contributed by atoms with Gasteiger partial charge in [-0.15, -0.1) is 0 Å². The maximum Gasteiger partial charge on any atom is 0.328 e. The van der Waals surface area contributed by atoms with Crippen LogP contribution in [0.3, 0.4) is 0 Å². The molecule has 2 N–H and O–H groups in total. The summed E-state index contributed by atoms with van der Waals surface area (Å²) in [6.07, 6.45) is 7.06. The summed E-state index contributed by atoms with van der Waals surface area (Å²) in [5.41, 5.74) is 0.700. The molecule has 7 heteroatoms. The molecule has 2 amide bonds. The fourth-order valence-corrected chi connectivity index (χ4v) is 3.10. The van der Waals surface area contributed by atoms with Crippen LogP contribution in [0, 0.1) is 5.82 Å². The van der Waals surface area contributed by atoms with Crippen LogP contribution in [0.5, 0.6) is 0 Å². The van der Waals surface area contributed by atoms with Crippen LogP contribution >= 0.6 is 0 Å². The lowest BCUT2D eigenvalue weighted by atomic mass is 10.0. The van der Waals surface area contributed by atoms with Crippen molar-refractivity contribution in [2.75, 3.05) is 7.11 Å². The van der Waals surface area contributed by atoms with Gasteiger partial charge in [-0.2, -0.15) is 0 Å². The molecule has 1 aromatic rings.